The first-order chi connectivity index (χ1) is 11.6. The Kier molecular flexibility index (Phi) is 6.41. The number of ether oxygens (including phenoxy) is 1. The molecule has 2 aromatic heterocycles. The van der Waals surface area contributed by atoms with Crippen LogP contribution < -0.4 is 22.3 Å². The molecule has 0 aliphatic carbocycles. The van der Waals surface area contributed by atoms with Crippen molar-refractivity contribution in [3.05, 3.63) is 16.7 Å². The van der Waals surface area contributed by atoms with Crippen molar-refractivity contribution in [1.29, 1.82) is 0 Å². The predicted octanol–water partition coefficient (Wildman–Crippen LogP) is -0.634. The van der Waals surface area contributed by atoms with E-state index in [1.807, 2.05) is 6.92 Å². The predicted molar refractivity (Wildman–Crippen MR) is 89.2 cm³/mol. The largest absolute Gasteiger partial charge is 0.361 e. The number of nitrogens with one attached hydrogen (secondary N) is 2. The normalized spacial score (nSPS) is 11.3. The molecule has 2 heterocycles. The van der Waals surface area contributed by atoms with Crippen LogP contribution in [0.4, 0.5) is 5.95 Å². The summed E-state index contributed by atoms with van der Waals surface area (Å²) in [5.41, 5.74) is 11.1. The highest BCUT2D eigenvalue weighted by molar-refractivity contribution is 5.91. The van der Waals surface area contributed by atoms with Crippen LogP contribution >= 0.6 is 0 Å². The van der Waals surface area contributed by atoms with Crippen LogP contribution in [0.5, 0.6) is 0 Å². The average Bonchev–Trinajstić information content (AvgIpc) is 2.96. The Labute approximate surface area is 138 Å². The highest BCUT2D eigenvalue weighted by atomic mass is 16.5. The second-order valence-corrected chi connectivity index (χ2v) is 5.26. The van der Waals surface area contributed by atoms with E-state index in [1.165, 1.54) is 6.33 Å². The molecule has 2 aromatic rings. The van der Waals surface area contributed by atoms with Gasteiger partial charge in [-0.15, -0.1) is 0 Å². The minimum atomic E-state index is -0.431. The SMILES string of the molecule is CCOCn1cnc2c(=O)[nH]c(NC(=O)C(CCN)CCN)nc21. The van der Waals surface area contributed by atoms with Crippen LogP contribution in [0.15, 0.2) is 11.1 Å². The highest BCUT2D eigenvalue weighted by Gasteiger charge is 2.19. The third-order valence-electron chi connectivity index (χ3n) is 3.55. The van der Waals surface area contributed by atoms with Crippen LogP contribution in [0.2, 0.25) is 0 Å². The van der Waals surface area contributed by atoms with Gasteiger partial charge in [-0.1, -0.05) is 0 Å². The van der Waals surface area contributed by atoms with Gasteiger partial charge in [0.2, 0.25) is 11.9 Å². The first-order valence-corrected chi connectivity index (χ1v) is 7.84. The maximum Gasteiger partial charge on any atom is 0.280 e. The number of nitrogens with two attached hydrogens (primary N) is 2. The lowest BCUT2D eigenvalue weighted by molar-refractivity contribution is -0.120. The number of rotatable bonds is 9. The minimum Gasteiger partial charge on any atom is -0.361 e. The van der Waals surface area contributed by atoms with E-state index >= 15 is 0 Å². The van der Waals surface area contributed by atoms with Gasteiger partial charge in [-0.3, -0.25) is 24.5 Å². The van der Waals surface area contributed by atoms with Crippen LogP contribution in [-0.2, 0) is 16.3 Å². The van der Waals surface area contributed by atoms with Crippen LogP contribution in [-0.4, -0.2) is 45.1 Å². The molecule has 1 amide bonds. The third kappa shape index (κ3) is 4.16. The average molecular weight is 337 g/mol. The van der Waals surface area contributed by atoms with Gasteiger partial charge in [0, 0.05) is 12.5 Å². The fraction of sp³-hybridized carbons (Fsp3) is 0.571. The number of carbonyl (C=O) groups is 1. The molecule has 0 bridgehead atoms. The summed E-state index contributed by atoms with van der Waals surface area (Å²) in [6.45, 7) is 3.36. The Morgan fingerprint density at radius 1 is 1.42 bits per heavy atom. The summed E-state index contributed by atoms with van der Waals surface area (Å²) in [7, 11) is 0. The van der Waals surface area contributed by atoms with Crippen molar-refractivity contribution in [3.63, 3.8) is 0 Å². The fourth-order valence-electron chi connectivity index (χ4n) is 2.32. The van der Waals surface area contributed by atoms with Crippen molar-refractivity contribution in [2.24, 2.45) is 17.4 Å². The fourth-order valence-corrected chi connectivity index (χ4v) is 2.32. The molecule has 0 unspecified atom stereocenters. The summed E-state index contributed by atoms with van der Waals surface area (Å²) in [5, 5.41) is 2.62. The van der Waals surface area contributed by atoms with E-state index in [2.05, 4.69) is 20.3 Å². The van der Waals surface area contributed by atoms with Gasteiger partial charge in [0.15, 0.2) is 11.2 Å². The number of carbonyl (C=O) groups excluding carboxylic acids is 1. The summed E-state index contributed by atoms with van der Waals surface area (Å²) in [4.78, 5) is 35.2. The van der Waals surface area contributed by atoms with Gasteiger partial charge in [-0.25, -0.2) is 4.98 Å². The molecule has 2 rings (SSSR count). The van der Waals surface area contributed by atoms with Gasteiger partial charge >= 0.3 is 0 Å². The van der Waals surface area contributed by atoms with Crippen LogP contribution in [0.1, 0.15) is 19.8 Å². The lowest BCUT2D eigenvalue weighted by Gasteiger charge is -2.14. The van der Waals surface area contributed by atoms with E-state index in [9.17, 15) is 9.59 Å². The van der Waals surface area contributed by atoms with Crippen LogP contribution in [0.3, 0.4) is 0 Å². The van der Waals surface area contributed by atoms with E-state index in [-0.39, 0.29) is 30.0 Å². The molecule has 132 valence electrons. The van der Waals surface area contributed by atoms with E-state index in [0.29, 0.717) is 38.2 Å². The van der Waals surface area contributed by atoms with Crippen molar-refractivity contribution >= 4 is 23.0 Å². The monoisotopic (exact) mass is 337 g/mol. The Morgan fingerprint density at radius 2 is 2.12 bits per heavy atom. The van der Waals surface area contributed by atoms with Gasteiger partial charge in [0.1, 0.15) is 6.73 Å². The van der Waals surface area contributed by atoms with Gasteiger partial charge in [-0.2, -0.15) is 4.98 Å². The number of nitrogens with zero attached hydrogens (tertiary/aromatic N) is 3. The van der Waals surface area contributed by atoms with Crippen molar-refractivity contribution in [2.75, 3.05) is 25.0 Å². The molecule has 24 heavy (non-hydrogen) atoms. The first-order valence-electron chi connectivity index (χ1n) is 7.84. The third-order valence-corrected chi connectivity index (χ3v) is 3.55. The molecule has 10 nitrogen and oxygen atoms in total. The summed E-state index contributed by atoms with van der Waals surface area (Å²) < 4.78 is 6.90. The highest BCUT2D eigenvalue weighted by Crippen LogP contribution is 2.12. The maximum atomic E-state index is 12.3. The molecule has 6 N–H and O–H groups in total. The number of aromatic nitrogens is 4. The number of hydrogen-bond donors (Lipinski definition) is 4. The Bertz CT molecular complexity index is 734. The van der Waals surface area contributed by atoms with Crippen molar-refractivity contribution < 1.29 is 9.53 Å². The topological polar surface area (TPSA) is 154 Å². The second kappa shape index (κ2) is 8.52. The molecular weight excluding hydrogens is 314 g/mol. The Hall–Kier alpha value is -2.30. The van der Waals surface area contributed by atoms with Gasteiger partial charge in [0.05, 0.1) is 6.33 Å². The molecule has 0 aliphatic heterocycles. The Balaban J connectivity index is 2.25. The molecule has 0 fully saturated rings. The maximum absolute atomic E-state index is 12.3. The molecule has 10 heteroatoms. The van der Waals surface area contributed by atoms with E-state index in [4.69, 9.17) is 16.2 Å². The van der Waals surface area contributed by atoms with Gasteiger partial charge in [0.25, 0.3) is 5.56 Å². The van der Waals surface area contributed by atoms with E-state index in [1.54, 1.807) is 4.57 Å². The number of fused-ring (bicyclic) bond motifs is 1. The lowest BCUT2D eigenvalue weighted by Crippen LogP contribution is -2.29. The first kappa shape index (κ1) is 18.0. The molecule has 0 spiro atoms. The number of hydrogen-bond acceptors (Lipinski definition) is 7. The molecular formula is C14H23N7O3. The van der Waals surface area contributed by atoms with Crippen LogP contribution in [0.25, 0.3) is 11.2 Å². The summed E-state index contributed by atoms with van der Waals surface area (Å²) >= 11 is 0. The van der Waals surface area contributed by atoms with E-state index < -0.39 is 5.56 Å². The summed E-state index contributed by atoms with van der Waals surface area (Å²) in [6, 6.07) is 0. The zero-order valence-corrected chi connectivity index (χ0v) is 13.6. The van der Waals surface area contributed by atoms with Gasteiger partial charge < -0.3 is 16.2 Å². The van der Waals surface area contributed by atoms with Crippen molar-refractivity contribution in [3.8, 4) is 0 Å². The molecule has 0 saturated carbocycles. The quantitative estimate of drug-likeness (QED) is 0.475. The zero-order valence-electron chi connectivity index (χ0n) is 13.6. The van der Waals surface area contributed by atoms with Crippen molar-refractivity contribution in [2.45, 2.75) is 26.5 Å². The smallest absolute Gasteiger partial charge is 0.280 e. The van der Waals surface area contributed by atoms with E-state index in [0.717, 1.165) is 0 Å². The summed E-state index contributed by atoms with van der Waals surface area (Å²) in [5.74, 6) is -0.534. The number of anilines is 1. The number of amides is 1. The minimum absolute atomic E-state index is 0.0646. The van der Waals surface area contributed by atoms with Crippen molar-refractivity contribution in [1.82, 2.24) is 19.5 Å². The number of imidazole rings is 1. The molecule has 0 aliphatic rings. The lowest BCUT2D eigenvalue weighted by atomic mass is 10.0. The Morgan fingerprint density at radius 3 is 2.75 bits per heavy atom. The molecule has 0 atom stereocenters. The summed E-state index contributed by atoms with van der Waals surface area (Å²) in [6.07, 6.45) is 2.50. The van der Waals surface area contributed by atoms with Crippen LogP contribution in [0, 0.1) is 5.92 Å². The number of H-pyrrole nitrogens is 1. The standard InChI is InChI=1S/C14H23N7O3/c1-2-24-8-21-7-17-10-11(21)18-14(20-13(10)23)19-12(22)9(3-5-15)4-6-16/h7,9H,2-6,8,15-16H2,1H3,(H2,18,19,20,22,23). The van der Waals surface area contributed by atoms with Gasteiger partial charge in [-0.05, 0) is 32.9 Å². The molecule has 0 radical (unpaired) electrons. The molecule has 0 aromatic carbocycles. The zero-order chi connectivity index (χ0) is 17.5. The second-order valence-electron chi connectivity index (χ2n) is 5.26. The molecule has 0 saturated heterocycles. The number of aromatic amines is 1.